The number of morpholine rings is 1. The van der Waals surface area contributed by atoms with Crippen molar-refractivity contribution in [1.29, 1.82) is 0 Å². The Morgan fingerprint density at radius 3 is 2.81 bits per heavy atom. The molecule has 0 aromatic carbocycles. The van der Waals surface area contributed by atoms with Crippen molar-refractivity contribution >= 4 is 50.7 Å². The predicted octanol–water partition coefficient (Wildman–Crippen LogP) is 1.56. The Balaban J connectivity index is 1.38. The number of nitrogens with two attached hydrogens (primary N) is 1. The number of aryl methyl sites for hydroxylation is 1. The van der Waals surface area contributed by atoms with Crippen molar-refractivity contribution < 1.29 is 19.1 Å². The minimum atomic E-state index is -0.251. The van der Waals surface area contributed by atoms with Crippen LogP contribution < -0.4 is 21.1 Å². The van der Waals surface area contributed by atoms with Gasteiger partial charge in [-0.2, -0.15) is 0 Å². The van der Waals surface area contributed by atoms with E-state index in [9.17, 15) is 9.59 Å². The lowest BCUT2D eigenvalue weighted by atomic mass is 10.1. The van der Waals surface area contributed by atoms with Crippen molar-refractivity contribution in [3.8, 4) is 5.88 Å². The Hall–Kier alpha value is -2.14. The number of rotatable bonds is 8. The van der Waals surface area contributed by atoms with E-state index in [-0.39, 0.29) is 35.4 Å². The first-order valence-electron chi connectivity index (χ1n) is 10.3. The molecule has 1 saturated heterocycles. The molecule has 0 unspecified atom stereocenters. The third-order valence-electron chi connectivity index (χ3n) is 5.33. The monoisotopic (exact) mass is 467 g/mol. The van der Waals surface area contributed by atoms with Crippen LogP contribution in [0, 0.1) is 6.92 Å². The number of hydrogen-bond acceptors (Lipinski definition) is 8. The molecule has 2 fully saturated rings. The molecule has 4 N–H and O–H groups in total. The highest BCUT2D eigenvalue weighted by molar-refractivity contribution is 7.21. The Morgan fingerprint density at radius 1 is 1.35 bits per heavy atom. The quantitative estimate of drug-likeness (QED) is 0.539. The van der Waals surface area contributed by atoms with Crippen molar-refractivity contribution in [1.82, 2.24) is 20.5 Å². The van der Waals surface area contributed by atoms with Gasteiger partial charge in [0.05, 0.1) is 18.9 Å². The standard InChI is InChI=1S/C20H26ClN5O4S/c1-11-14-16(22)17(18(28)24-12-2-3-12)31-20(14)25-19(15(11)21)30-10-13(27)23-4-5-26-6-8-29-9-7-26/h12H,2-10,22H2,1H3,(H,23,27)(H,24,28). The molecule has 3 heterocycles. The van der Waals surface area contributed by atoms with Gasteiger partial charge in [0.2, 0.25) is 5.88 Å². The van der Waals surface area contributed by atoms with Crippen molar-refractivity contribution in [3.63, 3.8) is 0 Å². The van der Waals surface area contributed by atoms with E-state index in [0.717, 1.165) is 45.7 Å². The molecule has 168 valence electrons. The number of amides is 2. The van der Waals surface area contributed by atoms with E-state index in [1.54, 1.807) is 6.92 Å². The fraction of sp³-hybridized carbons (Fsp3) is 0.550. The van der Waals surface area contributed by atoms with E-state index < -0.39 is 0 Å². The van der Waals surface area contributed by atoms with Crippen LogP contribution in [0.5, 0.6) is 5.88 Å². The maximum absolute atomic E-state index is 12.5. The zero-order valence-electron chi connectivity index (χ0n) is 17.3. The van der Waals surface area contributed by atoms with Crippen LogP contribution in [-0.2, 0) is 9.53 Å². The third kappa shape index (κ3) is 5.20. The van der Waals surface area contributed by atoms with Gasteiger partial charge in [0.1, 0.15) is 14.7 Å². The third-order valence-corrected chi connectivity index (χ3v) is 6.88. The van der Waals surface area contributed by atoms with Gasteiger partial charge < -0.3 is 25.8 Å². The maximum atomic E-state index is 12.5. The van der Waals surface area contributed by atoms with Gasteiger partial charge in [0.15, 0.2) is 6.61 Å². The van der Waals surface area contributed by atoms with E-state index in [0.29, 0.717) is 32.9 Å². The summed E-state index contributed by atoms with van der Waals surface area (Å²) in [7, 11) is 0. The van der Waals surface area contributed by atoms with Crippen LogP contribution in [0.3, 0.4) is 0 Å². The summed E-state index contributed by atoms with van der Waals surface area (Å²) in [5.41, 5.74) is 7.28. The van der Waals surface area contributed by atoms with Crippen molar-refractivity contribution in [2.75, 3.05) is 51.7 Å². The van der Waals surface area contributed by atoms with Crippen LogP contribution in [0.25, 0.3) is 10.2 Å². The molecule has 9 nitrogen and oxygen atoms in total. The van der Waals surface area contributed by atoms with Crippen LogP contribution in [0.4, 0.5) is 5.69 Å². The Bertz CT molecular complexity index is 988. The largest absolute Gasteiger partial charge is 0.466 e. The maximum Gasteiger partial charge on any atom is 0.263 e. The van der Waals surface area contributed by atoms with Gasteiger partial charge in [-0.05, 0) is 25.3 Å². The first-order valence-corrected chi connectivity index (χ1v) is 11.5. The number of nitrogens with zero attached hydrogens (tertiary/aromatic N) is 2. The number of nitrogens with one attached hydrogen (secondary N) is 2. The number of aromatic nitrogens is 1. The lowest BCUT2D eigenvalue weighted by Gasteiger charge is -2.26. The molecule has 0 bridgehead atoms. The second kappa shape index (κ2) is 9.56. The average molecular weight is 468 g/mol. The van der Waals surface area contributed by atoms with Crippen molar-refractivity contribution in [2.45, 2.75) is 25.8 Å². The number of hydrogen-bond donors (Lipinski definition) is 3. The fourth-order valence-corrected chi connectivity index (χ4v) is 4.63. The summed E-state index contributed by atoms with van der Waals surface area (Å²) in [6, 6.07) is 0.232. The highest BCUT2D eigenvalue weighted by atomic mass is 35.5. The average Bonchev–Trinajstić information content (AvgIpc) is 3.51. The molecular weight excluding hydrogens is 442 g/mol. The van der Waals surface area contributed by atoms with Gasteiger partial charge in [-0.25, -0.2) is 4.98 Å². The number of ether oxygens (including phenoxy) is 2. The summed E-state index contributed by atoms with van der Waals surface area (Å²) >= 11 is 7.63. The van der Waals surface area contributed by atoms with Crippen molar-refractivity contribution in [2.24, 2.45) is 0 Å². The van der Waals surface area contributed by atoms with Crippen LogP contribution in [-0.4, -0.2) is 73.7 Å². The molecule has 1 saturated carbocycles. The first-order chi connectivity index (χ1) is 14.9. The highest BCUT2D eigenvalue weighted by Gasteiger charge is 2.27. The number of nitrogen functional groups attached to an aromatic ring is 1. The molecular formula is C20H26ClN5O4S. The smallest absolute Gasteiger partial charge is 0.263 e. The van der Waals surface area contributed by atoms with E-state index in [4.69, 9.17) is 26.8 Å². The molecule has 4 rings (SSSR count). The summed E-state index contributed by atoms with van der Waals surface area (Å²) in [5.74, 6) is -0.287. The van der Waals surface area contributed by atoms with Crippen LogP contribution in [0.1, 0.15) is 28.1 Å². The minimum absolute atomic E-state index is 0.158. The molecule has 1 aliphatic carbocycles. The van der Waals surface area contributed by atoms with E-state index >= 15 is 0 Å². The zero-order valence-corrected chi connectivity index (χ0v) is 18.9. The summed E-state index contributed by atoms with van der Waals surface area (Å²) in [6.07, 6.45) is 1.98. The normalized spacial score (nSPS) is 17.0. The van der Waals surface area contributed by atoms with Gasteiger partial charge in [0, 0.05) is 37.6 Å². The summed E-state index contributed by atoms with van der Waals surface area (Å²) in [4.78, 5) is 32.3. The minimum Gasteiger partial charge on any atom is -0.466 e. The van der Waals surface area contributed by atoms with E-state index in [1.807, 2.05) is 0 Å². The van der Waals surface area contributed by atoms with Crippen LogP contribution in [0.2, 0.25) is 5.02 Å². The van der Waals surface area contributed by atoms with Crippen LogP contribution >= 0.6 is 22.9 Å². The summed E-state index contributed by atoms with van der Waals surface area (Å²) < 4.78 is 10.9. The van der Waals surface area contributed by atoms with Crippen LogP contribution in [0.15, 0.2) is 0 Å². The number of fused-ring (bicyclic) bond motifs is 1. The number of pyridine rings is 1. The van der Waals surface area contributed by atoms with Gasteiger partial charge in [-0.15, -0.1) is 11.3 Å². The second-order valence-corrected chi connectivity index (χ2v) is 9.10. The first kappa shape index (κ1) is 22.1. The Morgan fingerprint density at radius 2 is 2.10 bits per heavy atom. The van der Waals surface area contributed by atoms with E-state index in [1.165, 1.54) is 11.3 Å². The molecule has 0 radical (unpaired) electrons. The lowest BCUT2D eigenvalue weighted by Crippen LogP contribution is -2.42. The molecule has 11 heteroatoms. The topological polar surface area (TPSA) is 119 Å². The number of thiophene rings is 1. The number of carbonyl (C=O) groups is 2. The molecule has 1 aliphatic heterocycles. The van der Waals surface area contributed by atoms with Gasteiger partial charge in [-0.1, -0.05) is 11.6 Å². The second-order valence-electron chi connectivity index (χ2n) is 7.72. The lowest BCUT2D eigenvalue weighted by molar-refractivity contribution is -0.123. The van der Waals surface area contributed by atoms with Gasteiger partial charge in [0.25, 0.3) is 11.8 Å². The van der Waals surface area contributed by atoms with Crippen molar-refractivity contribution in [3.05, 3.63) is 15.5 Å². The SMILES string of the molecule is Cc1c(Cl)c(OCC(=O)NCCN2CCOCC2)nc2sc(C(=O)NC3CC3)c(N)c12. The Labute approximate surface area is 189 Å². The van der Waals surface area contributed by atoms with E-state index in [2.05, 4.69) is 20.5 Å². The summed E-state index contributed by atoms with van der Waals surface area (Å²) in [6.45, 7) is 6.08. The summed E-state index contributed by atoms with van der Waals surface area (Å²) in [5, 5.41) is 6.71. The number of carbonyl (C=O) groups excluding carboxylic acids is 2. The number of halogens is 1. The molecule has 0 spiro atoms. The molecule has 2 aliphatic rings. The molecule has 0 atom stereocenters. The number of anilines is 1. The predicted molar refractivity (Wildman–Crippen MR) is 120 cm³/mol. The molecule has 2 aromatic rings. The van der Waals surface area contributed by atoms with Gasteiger partial charge in [-0.3, -0.25) is 14.5 Å². The fourth-order valence-electron chi connectivity index (χ4n) is 3.39. The highest BCUT2D eigenvalue weighted by Crippen LogP contribution is 2.40. The zero-order chi connectivity index (χ0) is 22.0. The Kier molecular flexibility index (Phi) is 6.80. The molecule has 31 heavy (non-hydrogen) atoms. The molecule has 2 aromatic heterocycles. The van der Waals surface area contributed by atoms with Gasteiger partial charge >= 0.3 is 0 Å². The molecule has 2 amide bonds.